The number of alkyl halides is 1. The van der Waals surface area contributed by atoms with Crippen molar-refractivity contribution < 1.29 is 4.79 Å². The average molecular weight is 398 g/mol. The molecule has 0 aromatic rings. The van der Waals surface area contributed by atoms with Gasteiger partial charge in [-0.2, -0.15) is 0 Å². The summed E-state index contributed by atoms with van der Waals surface area (Å²) in [4.78, 5) is 12.4. The molecule has 0 aromatic heterocycles. The summed E-state index contributed by atoms with van der Waals surface area (Å²) in [6.45, 7) is 4.84. The fourth-order valence-corrected chi connectivity index (χ4v) is 7.17. The lowest BCUT2D eigenvalue weighted by molar-refractivity contribution is -0.131. The maximum absolute atomic E-state index is 12.4. The van der Waals surface area contributed by atoms with Crippen LogP contribution in [0.1, 0.15) is 65.2 Å². The fourth-order valence-electron chi connectivity index (χ4n) is 6.39. The summed E-state index contributed by atoms with van der Waals surface area (Å²) >= 11 is 2.64. The van der Waals surface area contributed by atoms with Crippen molar-refractivity contribution in [2.45, 2.75) is 69.1 Å². The van der Waals surface area contributed by atoms with Crippen LogP contribution in [0.25, 0.3) is 0 Å². The molecule has 0 aliphatic heterocycles. The van der Waals surface area contributed by atoms with Gasteiger partial charge in [-0.15, -0.1) is 0 Å². The number of carbonyl (C=O) groups is 1. The molecule has 4 rings (SSSR count). The van der Waals surface area contributed by atoms with Crippen LogP contribution in [0.3, 0.4) is 0 Å². The van der Waals surface area contributed by atoms with Crippen molar-refractivity contribution in [1.29, 1.82) is 0 Å². The highest BCUT2D eigenvalue weighted by molar-refractivity contribution is 14.1. The number of Topliss-reactive ketones (excluding diaryl/α,β-unsaturated/α-hetero) is 1. The van der Waals surface area contributed by atoms with Crippen LogP contribution in [0, 0.1) is 28.6 Å². The zero-order valence-electron chi connectivity index (χ0n) is 13.3. The van der Waals surface area contributed by atoms with E-state index in [1.807, 2.05) is 0 Å². The molecule has 21 heavy (non-hydrogen) atoms. The molecule has 0 bridgehead atoms. The Kier molecular flexibility index (Phi) is 3.37. The molecule has 4 aliphatic carbocycles. The van der Waals surface area contributed by atoms with E-state index >= 15 is 0 Å². The molecule has 3 fully saturated rings. The van der Waals surface area contributed by atoms with Gasteiger partial charge >= 0.3 is 0 Å². The van der Waals surface area contributed by atoms with Gasteiger partial charge in [0.1, 0.15) is 5.78 Å². The number of carbonyl (C=O) groups excluding carboxylic acids is 1. The van der Waals surface area contributed by atoms with Gasteiger partial charge < -0.3 is 0 Å². The Morgan fingerprint density at radius 2 is 1.81 bits per heavy atom. The van der Waals surface area contributed by atoms with E-state index in [4.69, 9.17) is 0 Å². The molecule has 0 aromatic carbocycles. The predicted molar refractivity (Wildman–Crippen MR) is 94.5 cm³/mol. The van der Waals surface area contributed by atoms with E-state index in [0.717, 1.165) is 28.6 Å². The first-order valence-electron chi connectivity index (χ1n) is 8.82. The molecule has 1 nitrogen and oxygen atoms in total. The van der Waals surface area contributed by atoms with Crippen molar-refractivity contribution >= 4 is 28.4 Å². The van der Waals surface area contributed by atoms with Crippen molar-refractivity contribution in [2.24, 2.45) is 28.6 Å². The molecule has 0 amide bonds. The molecule has 1 unspecified atom stereocenters. The average Bonchev–Trinajstić information content (AvgIpc) is 2.76. The van der Waals surface area contributed by atoms with Crippen LogP contribution < -0.4 is 0 Å². The van der Waals surface area contributed by atoms with E-state index in [-0.39, 0.29) is 5.41 Å². The van der Waals surface area contributed by atoms with Crippen molar-refractivity contribution in [3.05, 3.63) is 11.6 Å². The molecule has 116 valence electrons. The maximum Gasteiger partial charge on any atom is 0.139 e. The first-order valence-corrected chi connectivity index (χ1v) is 10.1. The van der Waals surface area contributed by atoms with Gasteiger partial charge in [-0.3, -0.25) is 4.79 Å². The van der Waals surface area contributed by atoms with Gasteiger partial charge in [-0.1, -0.05) is 48.1 Å². The van der Waals surface area contributed by atoms with Gasteiger partial charge in [0.25, 0.3) is 0 Å². The van der Waals surface area contributed by atoms with Crippen LogP contribution in [-0.4, -0.2) is 9.71 Å². The number of allylic oxidation sites excluding steroid dienone is 2. The Morgan fingerprint density at radius 3 is 2.62 bits per heavy atom. The maximum atomic E-state index is 12.4. The van der Waals surface area contributed by atoms with Crippen molar-refractivity contribution in [2.75, 3.05) is 0 Å². The van der Waals surface area contributed by atoms with E-state index in [1.54, 1.807) is 5.57 Å². The fraction of sp³-hybridized carbons (Fsp3) is 0.842. The second-order valence-corrected chi connectivity index (χ2v) is 10.3. The quantitative estimate of drug-likeness (QED) is 0.307. The van der Waals surface area contributed by atoms with Crippen molar-refractivity contribution in [3.63, 3.8) is 0 Å². The Labute approximate surface area is 142 Å². The molecular weight excluding hydrogens is 371 g/mol. The number of halogens is 1. The summed E-state index contributed by atoms with van der Waals surface area (Å²) in [5, 5.41) is 0. The van der Waals surface area contributed by atoms with Crippen LogP contribution in [0.2, 0.25) is 0 Å². The van der Waals surface area contributed by atoms with E-state index in [2.05, 4.69) is 42.5 Å². The minimum atomic E-state index is 0.0311. The summed E-state index contributed by atoms with van der Waals surface area (Å²) in [5.74, 6) is 2.89. The SMILES string of the molecule is C[C@]12CCC(I)CC1=CC[C@@H]1[C@H]2CC[C@]2(C)C(=O)CC[C@@H]12. The van der Waals surface area contributed by atoms with Gasteiger partial charge in [0.2, 0.25) is 0 Å². The standard InChI is InChI=1S/C19H27IO/c1-18-9-7-13(20)11-12(18)3-4-14-15-5-6-17(21)19(15,2)10-8-16(14)18/h3,13-16H,4-11H2,1-2H3/t13?,14-,15-,16+,18-,19-/m0/s1. The summed E-state index contributed by atoms with van der Waals surface area (Å²) in [5.41, 5.74) is 2.25. The molecular formula is C19H27IO. The zero-order valence-corrected chi connectivity index (χ0v) is 15.5. The highest BCUT2D eigenvalue weighted by Gasteiger charge is 2.58. The number of fused-ring (bicyclic) bond motifs is 5. The molecule has 0 radical (unpaired) electrons. The molecule has 0 spiro atoms. The predicted octanol–water partition coefficient (Wildman–Crippen LogP) is 5.32. The molecule has 0 saturated heterocycles. The highest BCUT2D eigenvalue weighted by atomic mass is 127. The van der Waals surface area contributed by atoms with Crippen LogP contribution in [0.15, 0.2) is 11.6 Å². The third-order valence-electron chi connectivity index (χ3n) is 7.75. The number of hydrogen-bond acceptors (Lipinski definition) is 1. The number of ketones is 1. The lowest BCUT2D eigenvalue weighted by Gasteiger charge is -2.56. The lowest BCUT2D eigenvalue weighted by atomic mass is 9.48. The number of hydrogen-bond donors (Lipinski definition) is 0. The first-order chi connectivity index (χ1) is 9.95. The van der Waals surface area contributed by atoms with Crippen LogP contribution in [-0.2, 0) is 4.79 Å². The molecule has 0 heterocycles. The molecule has 6 atom stereocenters. The van der Waals surface area contributed by atoms with E-state index in [0.29, 0.717) is 17.1 Å². The van der Waals surface area contributed by atoms with Gasteiger partial charge in [-0.05, 0) is 68.1 Å². The molecule has 0 N–H and O–H groups in total. The van der Waals surface area contributed by atoms with E-state index in [9.17, 15) is 4.79 Å². The monoisotopic (exact) mass is 398 g/mol. The largest absolute Gasteiger partial charge is 0.299 e. The first kappa shape index (κ1) is 14.7. The van der Waals surface area contributed by atoms with Crippen LogP contribution in [0.5, 0.6) is 0 Å². The van der Waals surface area contributed by atoms with Gasteiger partial charge in [0, 0.05) is 15.8 Å². The summed E-state index contributed by atoms with van der Waals surface area (Å²) in [6.07, 6.45) is 12.4. The normalized spacial score (nSPS) is 52.7. The Balaban J connectivity index is 1.69. The summed E-state index contributed by atoms with van der Waals surface area (Å²) < 4.78 is 0.848. The minimum absolute atomic E-state index is 0.0311. The third kappa shape index (κ3) is 1.96. The second-order valence-electron chi connectivity index (χ2n) is 8.52. The highest BCUT2D eigenvalue weighted by Crippen LogP contribution is 2.64. The van der Waals surface area contributed by atoms with Gasteiger partial charge in [-0.25, -0.2) is 0 Å². The Hall–Kier alpha value is 0.140. The van der Waals surface area contributed by atoms with Gasteiger partial charge in [0.15, 0.2) is 0 Å². The summed E-state index contributed by atoms with van der Waals surface area (Å²) in [6, 6.07) is 0. The smallest absolute Gasteiger partial charge is 0.139 e. The molecule has 2 heteroatoms. The topological polar surface area (TPSA) is 17.1 Å². The van der Waals surface area contributed by atoms with Gasteiger partial charge in [0.05, 0.1) is 0 Å². The van der Waals surface area contributed by atoms with Crippen molar-refractivity contribution in [3.8, 4) is 0 Å². The van der Waals surface area contributed by atoms with E-state index in [1.165, 1.54) is 38.5 Å². The molecule has 4 aliphatic rings. The van der Waals surface area contributed by atoms with Crippen molar-refractivity contribution in [1.82, 2.24) is 0 Å². The zero-order chi connectivity index (χ0) is 14.8. The minimum Gasteiger partial charge on any atom is -0.299 e. The molecule has 3 saturated carbocycles. The Bertz CT molecular complexity index is 510. The van der Waals surface area contributed by atoms with Crippen LogP contribution >= 0.6 is 22.6 Å². The lowest BCUT2D eigenvalue weighted by Crippen LogP contribution is -2.50. The third-order valence-corrected chi connectivity index (χ3v) is 8.82. The van der Waals surface area contributed by atoms with Crippen LogP contribution in [0.4, 0.5) is 0 Å². The second kappa shape index (κ2) is 4.82. The summed E-state index contributed by atoms with van der Waals surface area (Å²) in [7, 11) is 0. The Morgan fingerprint density at radius 1 is 1.10 bits per heavy atom. The number of rotatable bonds is 0. The van der Waals surface area contributed by atoms with E-state index < -0.39 is 0 Å².